The van der Waals surface area contributed by atoms with Crippen molar-refractivity contribution in [2.24, 2.45) is 0 Å². The van der Waals surface area contributed by atoms with E-state index >= 15 is 0 Å². The molecule has 0 aliphatic carbocycles. The Morgan fingerprint density at radius 1 is 1.33 bits per heavy atom. The van der Waals surface area contributed by atoms with E-state index in [0.29, 0.717) is 11.4 Å². The summed E-state index contributed by atoms with van der Waals surface area (Å²) in [5.74, 6) is 0. The Morgan fingerprint density at radius 2 is 2.08 bits per heavy atom. The number of thiazole rings is 1. The van der Waals surface area contributed by atoms with Crippen molar-refractivity contribution in [1.82, 2.24) is 4.98 Å². The van der Waals surface area contributed by atoms with E-state index in [2.05, 4.69) is 4.98 Å². The molecule has 4 heteroatoms. The molecule has 0 unspecified atom stereocenters. The largest absolute Gasteiger partial charge is 0.399 e. The van der Waals surface area contributed by atoms with Gasteiger partial charge in [-0.1, -0.05) is 0 Å². The second-order valence-corrected chi connectivity index (χ2v) is 3.92. The van der Waals surface area contributed by atoms with Gasteiger partial charge >= 0.3 is 0 Å². The number of fused-ring (bicyclic) bond motifs is 1. The monoisotopic (exact) mass is 179 g/mol. The topological polar surface area (TPSA) is 64.9 Å². The molecule has 1 heterocycles. The van der Waals surface area contributed by atoms with Crippen LogP contribution in [0.4, 0.5) is 11.4 Å². The Kier molecular flexibility index (Phi) is 1.44. The van der Waals surface area contributed by atoms with Crippen LogP contribution in [0.25, 0.3) is 10.2 Å². The standard InChI is InChI=1S/C8H9N3S/c1-4-11-8-6(10)2-5(9)3-7(8)12-4/h2-3H,9-10H2,1H3. The number of hydrogen-bond donors (Lipinski definition) is 2. The lowest BCUT2D eigenvalue weighted by Crippen LogP contribution is -1.90. The van der Waals surface area contributed by atoms with Gasteiger partial charge in [-0.05, 0) is 19.1 Å². The normalized spacial score (nSPS) is 10.8. The van der Waals surface area contributed by atoms with Gasteiger partial charge in [-0.3, -0.25) is 0 Å². The first kappa shape index (κ1) is 7.36. The maximum absolute atomic E-state index is 5.73. The molecular weight excluding hydrogens is 170 g/mol. The summed E-state index contributed by atoms with van der Waals surface area (Å²) in [7, 11) is 0. The predicted octanol–water partition coefficient (Wildman–Crippen LogP) is 1.77. The molecule has 0 saturated heterocycles. The second kappa shape index (κ2) is 2.35. The fourth-order valence-corrected chi connectivity index (χ4v) is 2.10. The highest BCUT2D eigenvalue weighted by Gasteiger charge is 2.04. The summed E-state index contributed by atoms with van der Waals surface area (Å²) in [6, 6.07) is 3.64. The van der Waals surface area contributed by atoms with Gasteiger partial charge in [-0.15, -0.1) is 11.3 Å². The van der Waals surface area contributed by atoms with Crippen LogP contribution in [0.5, 0.6) is 0 Å². The molecule has 62 valence electrons. The van der Waals surface area contributed by atoms with Crippen molar-refractivity contribution in [3.8, 4) is 0 Å². The summed E-state index contributed by atoms with van der Waals surface area (Å²) in [6.45, 7) is 1.96. The van der Waals surface area contributed by atoms with Crippen LogP contribution < -0.4 is 11.5 Å². The number of rotatable bonds is 0. The zero-order chi connectivity index (χ0) is 8.72. The summed E-state index contributed by atoms with van der Waals surface area (Å²) < 4.78 is 1.06. The van der Waals surface area contributed by atoms with E-state index in [4.69, 9.17) is 11.5 Å². The molecule has 0 aliphatic heterocycles. The van der Waals surface area contributed by atoms with E-state index in [1.807, 2.05) is 13.0 Å². The van der Waals surface area contributed by atoms with Crippen molar-refractivity contribution in [2.75, 3.05) is 11.5 Å². The molecule has 2 rings (SSSR count). The minimum atomic E-state index is 0.661. The van der Waals surface area contributed by atoms with E-state index in [9.17, 15) is 0 Å². The SMILES string of the molecule is Cc1nc2c(N)cc(N)cc2s1. The van der Waals surface area contributed by atoms with Crippen LogP contribution in [-0.4, -0.2) is 4.98 Å². The molecule has 1 aromatic carbocycles. The van der Waals surface area contributed by atoms with Gasteiger partial charge in [-0.25, -0.2) is 4.98 Å². The molecule has 12 heavy (non-hydrogen) atoms. The highest BCUT2D eigenvalue weighted by molar-refractivity contribution is 7.18. The first-order valence-electron chi connectivity index (χ1n) is 3.59. The van der Waals surface area contributed by atoms with E-state index in [1.165, 1.54) is 0 Å². The van der Waals surface area contributed by atoms with Crippen molar-refractivity contribution in [3.05, 3.63) is 17.1 Å². The van der Waals surface area contributed by atoms with E-state index in [0.717, 1.165) is 15.2 Å². The predicted molar refractivity (Wildman–Crippen MR) is 53.2 cm³/mol. The van der Waals surface area contributed by atoms with Gasteiger partial charge in [0.05, 0.1) is 15.4 Å². The van der Waals surface area contributed by atoms with Crippen molar-refractivity contribution in [3.63, 3.8) is 0 Å². The molecule has 2 aromatic rings. The van der Waals surface area contributed by atoms with E-state index in [1.54, 1.807) is 17.4 Å². The number of aryl methyl sites for hydroxylation is 1. The first-order valence-corrected chi connectivity index (χ1v) is 4.40. The first-order chi connectivity index (χ1) is 5.66. The molecular formula is C8H9N3S. The maximum Gasteiger partial charge on any atom is 0.105 e. The van der Waals surface area contributed by atoms with E-state index < -0.39 is 0 Å². The maximum atomic E-state index is 5.73. The van der Waals surface area contributed by atoms with Crippen LogP contribution in [0.2, 0.25) is 0 Å². The number of nitrogens with zero attached hydrogens (tertiary/aromatic N) is 1. The highest BCUT2D eigenvalue weighted by atomic mass is 32.1. The average molecular weight is 179 g/mol. The Hall–Kier alpha value is -1.29. The molecule has 3 nitrogen and oxygen atoms in total. The lowest BCUT2D eigenvalue weighted by atomic mass is 10.2. The molecule has 0 atom stereocenters. The van der Waals surface area contributed by atoms with Crippen LogP contribution in [0, 0.1) is 6.92 Å². The van der Waals surface area contributed by atoms with E-state index in [-0.39, 0.29) is 0 Å². The Bertz CT molecular complexity index is 433. The van der Waals surface area contributed by atoms with Crippen molar-refractivity contribution in [1.29, 1.82) is 0 Å². The van der Waals surface area contributed by atoms with Gasteiger partial charge in [0.25, 0.3) is 0 Å². The van der Waals surface area contributed by atoms with Crippen molar-refractivity contribution in [2.45, 2.75) is 6.92 Å². The quantitative estimate of drug-likeness (QED) is 0.606. The van der Waals surface area contributed by atoms with Crippen molar-refractivity contribution < 1.29 is 0 Å². The summed E-state index contributed by atoms with van der Waals surface area (Å²) >= 11 is 1.61. The van der Waals surface area contributed by atoms with Gasteiger partial charge in [0.1, 0.15) is 5.52 Å². The molecule has 0 saturated carbocycles. The molecule has 1 aromatic heterocycles. The van der Waals surface area contributed by atoms with Crippen LogP contribution in [0.15, 0.2) is 12.1 Å². The van der Waals surface area contributed by atoms with Crippen molar-refractivity contribution >= 4 is 32.9 Å². The average Bonchev–Trinajstić information content (AvgIpc) is 2.29. The minimum absolute atomic E-state index is 0.661. The zero-order valence-corrected chi connectivity index (χ0v) is 7.48. The van der Waals surface area contributed by atoms with Crippen LogP contribution >= 0.6 is 11.3 Å². The molecule has 0 radical (unpaired) electrons. The molecule has 0 bridgehead atoms. The lowest BCUT2D eigenvalue weighted by molar-refractivity contribution is 1.35. The molecule has 0 spiro atoms. The third-order valence-corrected chi connectivity index (χ3v) is 2.57. The number of nitrogens with two attached hydrogens (primary N) is 2. The number of anilines is 2. The number of aromatic nitrogens is 1. The van der Waals surface area contributed by atoms with Gasteiger partial charge < -0.3 is 11.5 Å². The van der Waals surface area contributed by atoms with Crippen LogP contribution in [-0.2, 0) is 0 Å². The highest BCUT2D eigenvalue weighted by Crippen LogP contribution is 2.28. The van der Waals surface area contributed by atoms with Gasteiger partial charge in [0, 0.05) is 5.69 Å². The fraction of sp³-hybridized carbons (Fsp3) is 0.125. The third kappa shape index (κ3) is 1.00. The number of hydrogen-bond acceptors (Lipinski definition) is 4. The Balaban J connectivity index is 2.88. The fourth-order valence-electron chi connectivity index (χ4n) is 1.19. The van der Waals surface area contributed by atoms with Crippen LogP contribution in [0.3, 0.4) is 0 Å². The summed E-state index contributed by atoms with van der Waals surface area (Å²) in [5.41, 5.74) is 13.6. The third-order valence-electron chi connectivity index (χ3n) is 1.65. The molecule has 0 amide bonds. The molecule has 0 aliphatic rings. The van der Waals surface area contributed by atoms with Gasteiger partial charge in [-0.2, -0.15) is 0 Å². The number of nitrogen functional groups attached to an aromatic ring is 2. The smallest absolute Gasteiger partial charge is 0.105 e. The number of benzene rings is 1. The molecule has 0 fully saturated rings. The summed E-state index contributed by atoms with van der Waals surface area (Å²) in [5, 5.41) is 1.02. The zero-order valence-electron chi connectivity index (χ0n) is 6.66. The summed E-state index contributed by atoms with van der Waals surface area (Å²) in [4.78, 5) is 4.29. The molecule has 4 N–H and O–H groups in total. The summed E-state index contributed by atoms with van der Waals surface area (Å²) in [6.07, 6.45) is 0. The second-order valence-electron chi connectivity index (χ2n) is 2.69. The van der Waals surface area contributed by atoms with Crippen LogP contribution in [0.1, 0.15) is 5.01 Å². The van der Waals surface area contributed by atoms with Gasteiger partial charge in [0.2, 0.25) is 0 Å². The Morgan fingerprint density at radius 3 is 2.83 bits per heavy atom. The van der Waals surface area contributed by atoms with Gasteiger partial charge in [0.15, 0.2) is 0 Å². The Labute approximate surface area is 74.0 Å². The minimum Gasteiger partial charge on any atom is -0.399 e. The lowest BCUT2D eigenvalue weighted by Gasteiger charge is -1.96.